The Morgan fingerprint density at radius 1 is 1.47 bits per heavy atom. The minimum absolute atomic E-state index is 0.168. The van der Waals surface area contributed by atoms with Gasteiger partial charge in [-0.3, -0.25) is 0 Å². The van der Waals surface area contributed by atoms with Gasteiger partial charge in [-0.2, -0.15) is 0 Å². The molecular weight excluding hydrogens is 206 g/mol. The van der Waals surface area contributed by atoms with Gasteiger partial charge in [0.2, 0.25) is 0 Å². The van der Waals surface area contributed by atoms with E-state index in [1.165, 1.54) is 24.1 Å². The first-order valence-corrected chi connectivity index (χ1v) is 6.50. The lowest BCUT2D eigenvalue weighted by Crippen LogP contribution is -2.34. The number of thiophene rings is 1. The maximum atomic E-state index is 9.36. The summed E-state index contributed by atoms with van der Waals surface area (Å²) in [5, 5.41) is 12.7. The van der Waals surface area contributed by atoms with E-state index >= 15 is 0 Å². The van der Waals surface area contributed by atoms with Crippen molar-refractivity contribution in [2.45, 2.75) is 51.8 Å². The lowest BCUT2D eigenvalue weighted by Gasteiger charge is -2.15. The van der Waals surface area contributed by atoms with E-state index in [1.807, 2.05) is 25.2 Å². The van der Waals surface area contributed by atoms with Crippen molar-refractivity contribution in [3.8, 4) is 0 Å². The van der Waals surface area contributed by atoms with Crippen LogP contribution in [0.25, 0.3) is 0 Å². The Morgan fingerprint density at radius 2 is 2.27 bits per heavy atom. The molecule has 0 aromatic carbocycles. The highest BCUT2D eigenvalue weighted by atomic mass is 32.1. The largest absolute Gasteiger partial charge is 0.392 e. The number of aliphatic hydroxyl groups excluding tert-OH is 1. The summed E-state index contributed by atoms with van der Waals surface area (Å²) in [6.45, 7) is 4.74. The first-order valence-electron chi connectivity index (χ1n) is 5.68. The zero-order valence-electron chi connectivity index (χ0n) is 9.42. The number of rotatable bonds is 4. The number of fused-ring (bicyclic) bond motifs is 1. The standard InChI is InChI=1S/C12H19NOS/c1-8(9(2)14)13-7-11-6-10-4-3-5-12(10)15-11/h6,8-9,13-14H,3-5,7H2,1-2H3. The quantitative estimate of drug-likeness (QED) is 0.822. The lowest BCUT2D eigenvalue weighted by molar-refractivity contribution is 0.152. The van der Waals surface area contributed by atoms with Crippen molar-refractivity contribution in [1.29, 1.82) is 0 Å². The van der Waals surface area contributed by atoms with Crippen molar-refractivity contribution in [2.75, 3.05) is 0 Å². The molecule has 1 aromatic heterocycles. The second kappa shape index (κ2) is 4.64. The zero-order valence-corrected chi connectivity index (χ0v) is 10.2. The summed E-state index contributed by atoms with van der Waals surface area (Å²) in [4.78, 5) is 2.99. The summed E-state index contributed by atoms with van der Waals surface area (Å²) in [5.41, 5.74) is 1.56. The van der Waals surface area contributed by atoms with Crippen molar-refractivity contribution >= 4 is 11.3 Å². The summed E-state index contributed by atoms with van der Waals surface area (Å²) in [5.74, 6) is 0. The second-order valence-electron chi connectivity index (χ2n) is 4.42. The number of hydrogen-bond acceptors (Lipinski definition) is 3. The maximum Gasteiger partial charge on any atom is 0.0662 e. The van der Waals surface area contributed by atoms with E-state index in [0.717, 1.165) is 6.54 Å². The normalized spacial score (nSPS) is 18.9. The van der Waals surface area contributed by atoms with Crippen LogP contribution in [0.2, 0.25) is 0 Å². The third-order valence-electron chi connectivity index (χ3n) is 3.12. The lowest BCUT2D eigenvalue weighted by atomic mass is 10.2. The van der Waals surface area contributed by atoms with Gasteiger partial charge in [0.25, 0.3) is 0 Å². The van der Waals surface area contributed by atoms with Crippen LogP contribution in [0, 0.1) is 0 Å². The fourth-order valence-corrected chi connectivity index (χ4v) is 3.12. The van der Waals surface area contributed by atoms with Crippen LogP contribution < -0.4 is 5.32 Å². The van der Waals surface area contributed by atoms with Gasteiger partial charge in [0.15, 0.2) is 0 Å². The van der Waals surface area contributed by atoms with Gasteiger partial charge in [-0.1, -0.05) is 0 Å². The number of aryl methyl sites for hydroxylation is 2. The van der Waals surface area contributed by atoms with Gasteiger partial charge in [0.05, 0.1) is 6.10 Å². The molecule has 1 aromatic rings. The molecule has 0 aliphatic heterocycles. The number of aliphatic hydroxyl groups is 1. The molecule has 2 rings (SSSR count). The molecule has 15 heavy (non-hydrogen) atoms. The van der Waals surface area contributed by atoms with Gasteiger partial charge in [-0.05, 0) is 44.7 Å². The highest BCUT2D eigenvalue weighted by molar-refractivity contribution is 7.12. The minimum atomic E-state index is -0.281. The minimum Gasteiger partial charge on any atom is -0.392 e. The average Bonchev–Trinajstić information content (AvgIpc) is 2.72. The summed E-state index contributed by atoms with van der Waals surface area (Å²) in [7, 11) is 0. The second-order valence-corrected chi connectivity index (χ2v) is 5.65. The average molecular weight is 225 g/mol. The molecule has 1 aliphatic carbocycles. The molecule has 1 heterocycles. The Labute approximate surface area is 95.3 Å². The summed E-state index contributed by atoms with van der Waals surface area (Å²) in [6, 6.07) is 2.50. The molecule has 0 amide bonds. The van der Waals surface area contributed by atoms with Crippen LogP contribution in [0.1, 0.15) is 35.6 Å². The van der Waals surface area contributed by atoms with Crippen LogP contribution in [0.5, 0.6) is 0 Å². The van der Waals surface area contributed by atoms with Gasteiger partial charge in [0.1, 0.15) is 0 Å². The zero-order chi connectivity index (χ0) is 10.8. The Morgan fingerprint density at radius 3 is 2.93 bits per heavy atom. The van der Waals surface area contributed by atoms with E-state index in [1.54, 1.807) is 10.4 Å². The van der Waals surface area contributed by atoms with Crippen molar-refractivity contribution in [2.24, 2.45) is 0 Å². The van der Waals surface area contributed by atoms with Crippen LogP contribution in [0.3, 0.4) is 0 Å². The van der Waals surface area contributed by atoms with E-state index < -0.39 is 0 Å². The summed E-state index contributed by atoms with van der Waals surface area (Å²) in [6.07, 6.45) is 3.58. The van der Waals surface area contributed by atoms with Gasteiger partial charge in [-0.15, -0.1) is 11.3 Å². The highest BCUT2D eigenvalue weighted by Gasteiger charge is 2.15. The molecule has 2 unspecified atom stereocenters. The SMILES string of the molecule is CC(O)C(C)NCc1cc2c(s1)CCC2. The molecule has 0 bridgehead atoms. The molecule has 3 heteroatoms. The van der Waals surface area contributed by atoms with Crippen LogP contribution >= 0.6 is 11.3 Å². The van der Waals surface area contributed by atoms with Crippen LogP contribution in [-0.4, -0.2) is 17.3 Å². The molecule has 2 atom stereocenters. The van der Waals surface area contributed by atoms with Crippen LogP contribution in [0.4, 0.5) is 0 Å². The molecule has 0 spiro atoms. The van der Waals surface area contributed by atoms with E-state index in [0.29, 0.717) is 0 Å². The van der Waals surface area contributed by atoms with Crippen LogP contribution in [0.15, 0.2) is 6.07 Å². The third-order valence-corrected chi connectivity index (χ3v) is 4.36. The molecule has 1 aliphatic rings. The maximum absolute atomic E-state index is 9.36. The van der Waals surface area contributed by atoms with E-state index in [4.69, 9.17) is 0 Å². The van der Waals surface area contributed by atoms with Gasteiger partial charge >= 0.3 is 0 Å². The first kappa shape index (κ1) is 11.1. The van der Waals surface area contributed by atoms with E-state index in [2.05, 4.69) is 11.4 Å². The van der Waals surface area contributed by atoms with E-state index in [-0.39, 0.29) is 12.1 Å². The molecule has 0 saturated heterocycles. The highest BCUT2D eigenvalue weighted by Crippen LogP contribution is 2.30. The molecule has 2 N–H and O–H groups in total. The fourth-order valence-electron chi connectivity index (χ4n) is 1.91. The monoisotopic (exact) mass is 225 g/mol. The first-order chi connectivity index (χ1) is 7.16. The van der Waals surface area contributed by atoms with Gasteiger partial charge in [-0.25, -0.2) is 0 Å². The predicted octanol–water partition coefficient (Wildman–Crippen LogP) is 2.10. The van der Waals surface area contributed by atoms with Crippen molar-refractivity contribution in [1.82, 2.24) is 5.32 Å². The fraction of sp³-hybridized carbons (Fsp3) is 0.667. The topological polar surface area (TPSA) is 32.3 Å². The van der Waals surface area contributed by atoms with Crippen molar-refractivity contribution < 1.29 is 5.11 Å². The Balaban J connectivity index is 1.89. The third kappa shape index (κ3) is 2.60. The Kier molecular flexibility index (Phi) is 3.44. The molecule has 2 nitrogen and oxygen atoms in total. The molecule has 0 radical (unpaired) electrons. The predicted molar refractivity (Wildman–Crippen MR) is 64.3 cm³/mol. The Bertz CT molecular complexity index is 311. The number of hydrogen-bond donors (Lipinski definition) is 2. The number of nitrogens with one attached hydrogen (secondary N) is 1. The Hall–Kier alpha value is -0.380. The van der Waals surface area contributed by atoms with Gasteiger partial charge < -0.3 is 10.4 Å². The summed E-state index contributed by atoms with van der Waals surface area (Å²) < 4.78 is 0. The molecule has 84 valence electrons. The molecular formula is C12H19NOS. The van der Waals surface area contributed by atoms with Crippen LogP contribution in [-0.2, 0) is 19.4 Å². The van der Waals surface area contributed by atoms with Crippen molar-refractivity contribution in [3.63, 3.8) is 0 Å². The van der Waals surface area contributed by atoms with Gasteiger partial charge in [0, 0.05) is 22.3 Å². The van der Waals surface area contributed by atoms with Crippen molar-refractivity contribution in [3.05, 3.63) is 21.4 Å². The molecule has 0 fully saturated rings. The smallest absolute Gasteiger partial charge is 0.0662 e. The van der Waals surface area contributed by atoms with E-state index in [9.17, 15) is 5.11 Å². The summed E-state index contributed by atoms with van der Waals surface area (Å²) >= 11 is 1.93. The molecule has 0 saturated carbocycles.